The number of rotatable bonds is 7. The van der Waals surface area contributed by atoms with Crippen LogP contribution in [0.2, 0.25) is 0 Å². The largest absolute Gasteiger partial charge is 0.375 e. The first-order chi connectivity index (χ1) is 7.40. The van der Waals surface area contributed by atoms with Crippen LogP contribution in [0.4, 0.5) is 0 Å². The monoisotopic (exact) mass is 228 g/mol. The molecular formula is C13H28N2O. The van der Waals surface area contributed by atoms with Gasteiger partial charge in [0, 0.05) is 25.2 Å². The predicted molar refractivity (Wildman–Crippen MR) is 68.8 cm³/mol. The Bertz CT molecular complexity index is 197. The molecule has 1 rings (SSSR count). The molecule has 0 bridgehead atoms. The Balaban J connectivity index is 1.98. The number of hydrogen-bond acceptors (Lipinski definition) is 3. The Kier molecular flexibility index (Phi) is 5.22. The van der Waals surface area contributed by atoms with Crippen LogP contribution in [0.25, 0.3) is 0 Å². The molecule has 1 N–H and O–H groups in total. The number of ether oxygens (including phenoxy) is 1. The zero-order valence-corrected chi connectivity index (χ0v) is 11.5. The molecule has 0 aliphatic heterocycles. The summed E-state index contributed by atoms with van der Waals surface area (Å²) in [5.41, 5.74) is -0.0158. The summed E-state index contributed by atoms with van der Waals surface area (Å²) in [6.45, 7) is 11.4. The van der Waals surface area contributed by atoms with E-state index in [9.17, 15) is 0 Å². The third-order valence-corrected chi connectivity index (χ3v) is 3.07. The van der Waals surface area contributed by atoms with E-state index in [1.165, 1.54) is 12.8 Å². The summed E-state index contributed by atoms with van der Waals surface area (Å²) >= 11 is 0. The van der Waals surface area contributed by atoms with Crippen molar-refractivity contribution in [2.24, 2.45) is 0 Å². The van der Waals surface area contributed by atoms with Crippen LogP contribution in [0.1, 0.15) is 40.5 Å². The molecule has 0 aromatic carbocycles. The molecule has 0 aromatic heterocycles. The maximum atomic E-state index is 5.66. The Labute approximate surface area is 101 Å². The van der Waals surface area contributed by atoms with E-state index in [0.29, 0.717) is 6.04 Å². The predicted octanol–water partition coefficient (Wildman–Crippen LogP) is 1.87. The van der Waals surface area contributed by atoms with Crippen LogP contribution in [0.15, 0.2) is 0 Å². The second kappa shape index (κ2) is 5.99. The lowest BCUT2D eigenvalue weighted by molar-refractivity contribution is -0.00114. The summed E-state index contributed by atoms with van der Waals surface area (Å²) in [5.74, 6) is 0. The van der Waals surface area contributed by atoms with Gasteiger partial charge in [-0.05, 0) is 47.6 Å². The summed E-state index contributed by atoms with van der Waals surface area (Å²) in [5, 5.41) is 3.45. The van der Waals surface area contributed by atoms with Crippen LogP contribution in [0.3, 0.4) is 0 Å². The molecule has 0 saturated heterocycles. The molecule has 0 spiro atoms. The van der Waals surface area contributed by atoms with Gasteiger partial charge in [-0.2, -0.15) is 0 Å². The van der Waals surface area contributed by atoms with Gasteiger partial charge < -0.3 is 10.1 Å². The first-order valence-electron chi connectivity index (χ1n) is 6.47. The molecule has 1 fully saturated rings. The number of nitrogens with zero attached hydrogens (tertiary/aromatic N) is 1. The third-order valence-electron chi connectivity index (χ3n) is 3.07. The number of hydrogen-bond donors (Lipinski definition) is 1. The van der Waals surface area contributed by atoms with Gasteiger partial charge >= 0.3 is 0 Å². The van der Waals surface area contributed by atoms with Gasteiger partial charge in [0.1, 0.15) is 0 Å². The normalized spacial score (nSPS) is 19.1. The SMILES string of the molecule is CC(CNCCOC(C)(C)C)N(C)C1CC1. The number of likely N-dealkylation sites (N-methyl/N-ethyl adjacent to an activating group) is 1. The van der Waals surface area contributed by atoms with Crippen LogP contribution >= 0.6 is 0 Å². The summed E-state index contributed by atoms with van der Waals surface area (Å²) in [7, 11) is 2.23. The van der Waals surface area contributed by atoms with Crippen molar-refractivity contribution in [3.05, 3.63) is 0 Å². The van der Waals surface area contributed by atoms with Gasteiger partial charge in [0.15, 0.2) is 0 Å². The Morgan fingerprint density at radius 2 is 2.00 bits per heavy atom. The van der Waals surface area contributed by atoms with Crippen molar-refractivity contribution in [3.8, 4) is 0 Å². The van der Waals surface area contributed by atoms with Gasteiger partial charge in [0.2, 0.25) is 0 Å². The highest BCUT2D eigenvalue weighted by atomic mass is 16.5. The molecule has 1 unspecified atom stereocenters. The molecule has 3 nitrogen and oxygen atoms in total. The van der Waals surface area contributed by atoms with E-state index in [0.717, 1.165) is 25.7 Å². The lowest BCUT2D eigenvalue weighted by Gasteiger charge is -2.25. The molecule has 16 heavy (non-hydrogen) atoms. The van der Waals surface area contributed by atoms with Gasteiger partial charge in [0.05, 0.1) is 12.2 Å². The molecule has 1 aliphatic rings. The average Bonchev–Trinajstić information content (AvgIpc) is 2.97. The topological polar surface area (TPSA) is 24.5 Å². The summed E-state index contributed by atoms with van der Waals surface area (Å²) in [6.07, 6.45) is 2.77. The second-order valence-electron chi connectivity index (χ2n) is 5.91. The van der Waals surface area contributed by atoms with Crippen molar-refractivity contribution in [3.63, 3.8) is 0 Å². The highest BCUT2D eigenvalue weighted by molar-refractivity contribution is 4.85. The minimum Gasteiger partial charge on any atom is -0.375 e. The lowest BCUT2D eigenvalue weighted by atomic mass is 10.2. The average molecular weight is 228 g/mol. The van der Waals surface area contributed by atoms with Gasteiger partial charge in [-0.1, -0.05) is 0 Å². The van der Waals surface area contributed by atoms with Crippen molar-refractivity contribution < 1.29 is 4.74 Å². The van der Waals surface area contributed by atoms with Crippen LogP contribution in [0, 0.1) is 0 Å². The van der Waals surface area contributed by atoms with E-state index in [2.05, 4.69) is 45.0 Å². The highest BCUT2D eigenvalue weighted by Crippen LogP contribution is 2.26. The molecule has 96 valence electrons. The quantitative estimate of drug-likeness (QED) is 0.673. The standard InChI is InChI=1S/C13H28N2O/c1-11(15(5)12-6-7-12)10-14-8-9-16-13(2,3)4/h11-12,14H,6-10H2,1-5H3. The van der Waals surface area contributed by atoms with E-state index < -0.39 is 0 Å². The van der Waals surface area contributed by atoms with Crippen molar-refractivity contribution in [1.29, 1.82) is 0 Å². The van der Waals surface area contributed by atoms with Crippen molar-refractivity contribution in [2.45, 2.75) is 58.2 Å². The number of nitrogens with one attached hydrogen (secondary N) is 1. The molecule has 1 aliphatic carbocycles. The second-order valence-corrected chi connectivity index (χ2v) is 5.91. The molecule has 0 amide bonds. The summed E-state index contributed by atoms with van der Waals surface area (Å²) in [6, 6.07) is 1.48. The minimum atomic E-state index is -0.0158. The van der Waals surface area contributed by atoms with E-state index >= 15 is 0 Å². The molecule has 1 atom stereocenters. The van der Waals surface area contributed by atoms with Crippen LogP contribution in [-0.2, 0) is 4.74 Å². The van der Waals surface area contributed by atoms with E-state index in [1.54, 1.807) is 0 Å². The summed E-state index contributed by atoms with van der Waals surface area (Å²) in [4.78, 5) is 2.48. The maximum absolute atomic E-state index is 5.66. The Morgan fingerprint density at radius 1 is 1.38 bits per heavy atom. The van der Waals surface area contributed by atoms with Crippen LogP contribution in [0.5, 0.6) is 0 Å². The summed E-state index contributed by atoms with van der Waals surface area (Å²) < 4.78 is 5.66. The van der Waals surface area contributed by atoms with Crippen molar-refractivity contribution in [1.82, 2.24) is 10.2 Å². The van der Waals surface area contributed by atoms with Crippen LogP contribution in [-0.4, -0.2) is 49.3 Å². The maximum Gasteiger partial charge on any atom is 0.0599 e. The van der Waals surface area contributed by atoms with E-state index in [4.69, 9.17) is 4.74 Å². The molecule has 0 aromatic rings. The fourth-order valence-corrected chi connectivity index (χ4v) is 1.73. The minimum absolute atomic E-state index is 0.0158. The van der Waals surface area contributed by atoms with Crippen LogP contribution < -0.4 is 5.32 Å². The lowest BCUT2D eigenvalue weighted by Crippen LogP contribution is -2.40. The zero-order valence-electron chi connectivity index (χ0n) is 11.5. The van der Waals surface area contributed by atoms with Gasteiger partial charge in [0.25, 0.3) is 0 Å². The third kappa shape index (κ3) is 5.83. The molecule has 1 saturated carbocycles. The molecule has 3 heteroatoms. The fourth-order valence-electron chi connectivity index (χ4n) is 1.73. The molecule has 0 radical (unpaired) electrons. The van der Waals surface area contributed by atoms with E-state index in [1.807, 2.05) is 0 Å². The van der Waals surface area contributed by atoms with Crippen molar-refractivity contribution >= 4 is 0 Å². The first-order valence-corrected chi connectivity index (χ1v) is 6.47. The molecular weight excluding hydrogens is 200 g/mol. The highest BCUT2D eigenvalue weighted by Gasteiger charge is 2.28. The first kappa shape index (κ1) is 13.9. The Morgan fingerprint density at radius 3 is 2.50 bits per heavy atom. The molecule has 0 heterocycles. The van der Waals surface area contributed by atoms with Gasteiger partial charge in [-0.3, -0.25) is 4.90 Å². The van der Waals surface area contributed by atoms with Gasteiger partial charge in [-0.15, -0.1) is 0 Å². The van der Waals surface area contributed by atoms with Gasteiger partial charge in [-0.25, -0.2) is 0 Å². The fraction of sp³-hybridized carbons (Fsp3) is 1.00. The zero-order chi connectivity index (χ0) is 12.2. The van der Waals surface area contributed by atoms with E-state index in [-0.39, 0.29) is 5.60 Å². The van der Waals surface area contributed by atoms with Crippen molar-refractivity contribution in [2.75, 3.05) is 26.7 Å². The smallest absolute Gasteiger partial charge is 0.0599 e. The Hall–Kier alpha value is -0.120.